The van der Waals surface area contributed by atoms with Crippen molar-refractivity contribution in [2.24, 2.45) is 11.8 Å². The van der Waals surface area contributed by atoms with E-state index in [0.717, 1.165) is 17.5 Å². The summed E-state index contributed by atoms with van der Waals surface area (Å²) in [6, 6.07) is 3.49. The molecule has 0 radical (unpaired) electrons. The van der Waals surface area contributed by atoms with Gasteiger partial charge < -0.3 is 5.11 Å². The Hall–Kier alpha value is -0.890. The highest BCUT2D eigenvalue weighted by Crippen LogP contribution is 2.44. The Balaban J connectivity index is 2.47. The Morgan fingerprint density at radius 2 is 1.72 bits per heavy atom. The zero-order chi connectivity index (χ0) is 13.5. The third kappa shape index (κ3) is 2.44. The topological polar surface area (TPSA) is 20.2 Å². The molecule has 2 rings (SSSR count). The minimum atomic E-state index is -0.987. The maximum absolute atomic E-state index is 14.2. The van der Waals surface area contributed by atoms with Crippen LogP contribution in [-0.2, 0) is 5.60 Å². The molecule has 18 heavy (non-hydrogen) atoms. The van der Waals surface area contributed by atoms with Gasteiger partial charge in [-0.25, -0.2) is 4.39 Å². The molecule has 0 bridgehead atoms. The van der Waals surface area contributed by atoms with E-state index in [2.05, 4.69) is 13.8 Å². The maximum atomic E-state index is 14.2. The number of hydrogen-bond acceptors (Lipinski definition) is 1. The van der Waals surface area contributed by atoms with Crippen LogP contribution >= 0.6 is 0 Å². The van der Waals surface area contributed by atoms with Gasteiger partial charge in [-0.2, -0.15) is 0 Å². The van der Waals surface area contributed by atoms with Crippen LogP contribution in [0.2, 0.25) is 0 Å². The Morgan fingerprint density at radius 3 is 2.22 bits per heavy atom. The van der Waals surface area contributed by atoms with Gasteiger partial charge in [0.25, 0.3) is 0 Å². The molecule has 1 aliphatic rings. The highest BCUT2D eigenvalue weighted by Gasteiger charge is 2.40. The van der Waals surface area contributed by atoms with Gasteiger partial charge in [0, 0.05) is 5.56 Å². The van der Waals surface area contributed by atoms with Crippen LogP contribution in [0.5, 0.6) is 0 Å². The van der Waals surface area contributed by atoms with Crippen molar-refractivity contribution in [2.75, 3.05) is 0 Å². The number of hydrogen-bond donors (Lipinski definition) is 1. The first-order valence-electron chi connectivity index (χ1n) is 6.81. The molecule has 0 aliphatic heterocycles. The van der Waals surface area contributed by atoms with E-state index in [0.29, 0.717) is 30.2 Å². The van der Waals surface area contributed by atoms with Gasteiger partial charge in [-0.1, -0.05) is 19.9 Å². The summed E-state index contributed by atoms with van der Waals surface area (Å²) in [6.07, 6.45) is 2.45. The fraction of sp³-hybridized carbons (Fsp3) is 0.625. The zero-order valence-electron chi connectivity index (χ0n) is 11.8. The van der Waals surface area contributed by atoms with Crippen LogP contribution in [0.3, 0.4) is 0 Å². The lowest BCUT2D eigenvalue weighted by molar-refractivity contribution is -0.0393. The lowest BCUT2D eigenvalue weighted by Gasteiger charge is -2.40. The van der Waals surface area contributed by atoms with Crippen molar-refractivity contribution >= 4 is 0 Å². The maximum Gasteiger partial charge on any atom is 0.129 e. The van der Waals surface area contributed by atoms with Gasteiger partial charge in [-0.3, -0.25) is 0 Å². The first kappa shape index (κ1) is 13.5. The van der Waals surface area contributed by atoms with Gasteiger partial charge in [0.05, 0.1) is 5.60 Å². The molecule has 1 aromatic carbocycles. The summed E-state index contributed by atoms with van der Waals surface area (Å²) in [4.78, 5) is 0. The second-order valence-corrected chi connectivity index (χ2v) is 6.32. The average molecular weight is 250 g/mol. The summed E-state index contributed by atoms with van der Waals surface area (Å²) in [5, 5.41) is 10.9. The number of benzene rings is 1. The summed E-state index contributed by atoms with van der Waals surface area (Å²) in [5.74, 6) is 0.633. The Morgan fingerprint density at radius 1 is 1.17 bits per heavy atom. The highest BCUT2D eigenvalue weighted by molar-refractivity contribution is 5.36. The molecule has 0 aromatic heterocycles. The van der Waals surface area contributed by atoms with Crippen LogP contribution < -0.4 is 0 Å². The van der Waals surface area contributed by atoms with Crippen molar-refractivity contribution in [2.45, 2.75) is 52.6 Å². The third-order valence-electron chi connectivity index (χ3n) is 4.07. The smallest absolute Gasteiger partial charge is 0.129 e. The van der Waals surface area contributed by atoms with Crippen molar-refractivity contribution in [1.29, 1.82) is 0 Å². The molecule has 100 valence electrons. The molecular formula is C16H23FO. The number of rotatable bonds is 1. The molecule has 1 aliphatic carbocycles. The molecule has 0 spiro atoms. The van der Waals surface area contributed by atoms with Crippen LogP contribution in [0.15, 0.2) is 12.1 Å². The van der Waals surface area contributed by atoms with E-state index in [-0.39, 0.29) is 5.82 Å². The molecule has 1 fully saturated rings. The Labute approximate surface area is 109 Å². The second-order valence-electron chi connectivity index (χ2n) is 6.32. The van der Waals surface area contributed by atoms with Gasteiger partial charge >= 0.3 is 0 Å². The SMILES string of the molecule is Cc1cc(C)c(C2(O)CC(C)CC(C)C2)c(F)c1. The first-order valence-corrected chi connectivity index (χ1v) is 6.81. The second kappa shape index (κ2) is 4.65. The highest BCUT2D eigenvalue weighted by atomic mass is 19.1. The lowest BCUT2D eigenvalue weighted by Crippen LogP contribution is -2.37. The van der Waals surface area contributed by atoms with E-state index < -0.39 is 5.60 Å². The summed E-state index contributed by atoms with van der Waals surface area (Å²) in [5.41, 5.74) is 1.32. The molecule has 2 unspecified atom stereocenters. The van der Waals surface area contributed by atoms with Crippen LogP contribution in [0.1, 0.15) is 49.8 Å². The van der Waals surface area contributed by atoms with Crippen LogP contribution in [-0.4, -0.2) is 5.11 Å². The first-order chi connectivity index (χ1) is 8.32. The molecule has 2 atom stereocenters. The van der Waals surface area contributed by atoms with E-state index in [9.17, 15) is 9.50 Å². The Bertz CT molecular complexity index is 419. The number of aliphatic hydroxyl groups is 1. The minimum absolute atomic E-state index is 0.253. The van der Waals surface area contributed by atoms with E-state index in [1.807, 2.05) is 19.9 Å². The third-order valence-corrected chi connectivity index (χ3v) is 4.07. The van der Waals surface area contributed by atoms with E-state index in [1.165, 1.54) is 6.07 Å². The number of halogens is 1. The summed E-state index contributed by atoms with van der Waals surface area (Å²) in [7, 11) is 0. The fourth-order valence-electron chi connectivity index (χ4n) is 3.80. The molecule has 0 amide bonds. The van der Waals surface area contributed by atoms with Gasteiger partial charge in [0.1, 0.15) is 5.82 Å². The van der Waals surface area contributed by atoms with Crippen molar-refractivity contribution in [3.05, 3.63) is 34.6 Å². The van der Waals surface area contributed by atoms with Crippen LogP contribution in [0.25, 0.3) is 0 Å². The van der Waals surface area contributed by atoms with E-state index >= 15 is 0 Å². The molecule has 1 aromatic rings. The molecule has 0 saturated heterocycles. The zero-order valence-corrected chi connectivity index (χ0v) is 11.8. The number of aryl methyl sites for hydroxylation is 2. The monoisotopic (exact) mass is 250 g/mol. The van der Waals surface area contributed by atoms with Crippen molar-refractivity contribution in [3.63, 3.8) is 0 Å². The minimum Gasteiger partial charge on any atom is -0.385 e. The van der Waals surface area contributed by atoms with Gasteiger partial charge in [-0.15, -0.1) is 0 Å². The summed E-state index contributed by atoms with van der Waals surface area (Å²) >= 11 is 0. The summed E-state index contributed by atoms with van der Waals surface area (Å²) < 4.78 is 14.2. The van der Waals surface area contributed by atoms with Gasteiger partial charge in [0.15, 0.2) is 0 Å². The normalized spacial score (nSPS) is 32.6. The molecule has 1 nitrogen and oxygen atoms in total. The largest absolute Gasteiger partial charge is 0.385 e. The fourth-order valence-corrected chi connectivity index (χ4v) is 3.80. The predicted molar refractivity (Wildman–Crippen MR) is 71.9 cm³/mol. The lowest BCUT2D eigenvalue weighted by atomic mass is 9.69. The predicted octanol–water partition coefficient (Wildman–Crippen LogP) is 4.09. The van der Waals surface area contributed by atoms with Gasteiger partial charge in [0.2, 0.25) is 0 Å². The van der Waals surface area contributed by atoms with Crippen molar-refractivity contribution in [3.8, 4) is 0 Å². The van der Waals surface area contributed by atoms with Crippen LogP contribution in [0.4, 0.5) is 4.39 Å². The molecule has 1 saturated carbocycles. The molecule has 2 heteroatoms. The van der Waals surface area contributed by atoms with Crippen LogP contribution in [0, 0.1) is 31.5 Å². The van der Waals surface area contributed by atoms with E-state index in [4.69, 9.17) is 0 Å². The van der Waals surface area contributed by atoms with Crippen molar-refractivity contribution in [1.82, 2.24) is 0 Å². The van der Waals surface area contributed by atoms with Crippen molar-refractivity contribution < 1.29 is 9.50 Å². The standard InChI is InChI=1S/C16H23FO/c1-10-6-13(4)15(14(17)7-10)16(18)8-11(2)5-12(3)9-16/h6-7,11-12,18H,5,8-9H2,1-4H3. The molecule has 1 N–H and O–H groups in total. The Kier molecular flexibility index (Phi) is 3.50. The average Bonchev–Trinajstić information content (AvgIpc) is 2.11. The quantitative estimate of drug-likeness (QED) is 0.796. The molecular weight excluding hydrogens is 227 g/mol. The summed E-state index contributed by atoms with van der Waals surface area (Å²) in [6.45, 7) is 8.06. The molecule has 0 heterocycles. The van der Waals surface area contributed by atoms with E-state index in [1.54, 1.807) is 0 Å². The van der Waals surface area contributed by atoms with Gasteiger partial charge in [-0.05, 0) is 62.1 Å².